The van der Waals surface area contributed by atoms with Crippen molar-refractivity contribution < 1.29 is 0 Å². The zero-order chi connectivity index (χ0) is 10.8. The van der Waals surface area contributed by atoms with Crippen LogP contribution in [0.1, 0.15) is 59.8 Å². The Balaban J connectivity index is 2.46. The predicted octanol–water partition coefficient (Wildman–Crippen LogP) is 3.58. The molecule has 84 valence electrons. The van der Waals surface area contributed by atoms with Crippen molar-refractivity contribution in [1.82, 2.24) is 0 Å². The van der Waals surface area contributed by atoms with Gasteiger partial charge in [-0.2, -0.15) is 0 Å². The largest absolute Gasteiger partial charge is 0.325 e. The third-order valence-corrected chi connectivity index (χ3v) is 3.53. The second-order valence-corrected chi connectivity index (χ2v) is 6.15. The average Bonchev–Trinajstić information content (AvgIpc) is 1.98. The van der Waals surface area contributed by atoms with E-state index in [0.29, 0.717) is 0 Å². The summed E-state index contributed by atoms with van der Waals surface area (Å²) in [7, 11) is 0. The number of hydrogen-bond acceptors (Lipinski definition) is 1. The lowest BCUT2D eigenvalue weighted by Crippen LogP contribution is -2.46. The topological polar surface area (TPSA) is 26.0 Å². The first-order valence-corrected chi connectivity index (χ1v) is 6.20. The summed E-state index contributed by atoms with van der Waals surface area (Å²) in [6.45, 7) is 9.29. The summed E-state index contributed by atoms with van der Waals surface area (Å²) in [5.74, 6) is 2.45. The van der Waals surface area contributed by atoms with Crippen molar-refractivity contribution in [2.75, 3.05) is 0 Å². The van der Waals surface area contributed by atoms with Gasteiger partial charge >= 0.3 is 0 Å². The molecule has 1 aliphatic carbocycles. The fraction of sp³-hybridized carbons (Fsp3) is 1.00. The molecule has 1 saturated carbocycles. The quantitative estimate of drug-likeness (QED) is 0.735. The molecule has 0 bridgehead atoms. The maximum Gasteiger partial charge on any atom is 0.0159 e. The lowest BCUT2D eigenvalue weighted by Gasteiger charge is -2.40. The van der Waals surface area contributed by atoms with Crippen LogP contribution in [0.5, 0.6) is 0 Å². The highest BCUT2D eigenvalue weighted by atomic mass is 14.7. The summed E-state index contributed by atoms with van der Waals surface area (Å²) in [5, 5.41) is 0. The normalized spacial score (nSPS) is 39.0. The Hall–Kier alpha value is -0.0400. The van der Waals surface area contributed by atoms with Crippen LogP contribution in [-0.4, -0.2) is 5.54 Å². The predicted molar refractivity (Wildman–Crippen MR) is 63.2 cm³/mol. The fourth-order valence-electron chi connectivity index (χ4n) is 3.11. The van der Waals surface area contributed by atoms with E-state index in [1.165, 1.54) is 32.1 Å². The van der Waals surface area contributed by atoms with Gasteiger partial charge in [-0.1, -0.05) is 27.7 Å². The molecule has 2 unspecified atom stereocenters. The standard InChI is InChI=1S/C13H27N/c1-10(2)5-6-13(14)8-11(3)7-12(4)9-13/h10-12H,5-9,14H2,1-4H3. The zero-order valence-corrected chi connectivity index (χ0v) is 10.3. The first-order valence-electron chi connectivity index (χ1n) is 6.20. The van der Waals surface area contributed by atoms with Gasteiger partial charge in [-0.3, -0.25) is 0 Å². The van der Waals surface area contributed by atoms with Gasteiger partial charge in [0.25, 0.3) is 0 Å². The molecule has 0 spiro atoms. The molecule has 14 heavy (non-hydrogen) atoms. The highest BCUT2D eigenvalue weighted by molar-refractivity contribution is 4.91. The van der Waals surface area contributed by atoms with E-state index in [-0.39, 0.29) is 5.54 Å². The van der Waals surface area contributed by atoms with Crippen LogP contribution < -0.4 is 5.73 Å². The summed E-state index contributed by atoms with van der Waals surface area (Å²) in [5.41, 5.74) is 6.64. The molecule has 1 nitrogen and oxygen atoms in total. The van der Waals surface area contributed by atoms with Crippen LogP contribution in [0.2, 0.25) is 0 Å². The molecular formula is C13H27N. The highest BCUT2D eigenvalue weighted by Gasteiger charge is 2.33. The number of nitrogens with two attached hydrogens (primary N) is 1. The molecule has 0 aromatic heterocycles. The summed E-state index contributed by atoms with van der Waals surface area (Å²) in [6, 6.07) is 0. The Kier molecular flexibility index (Phi) is 4.00. The maximum absolute atomic E-state index is 6.49. The van der Waals surface area contributed by atoms with Crippen LogP contribution in [0.25, 0.3) is 0 Å². The van der Waals surface area contributed by atoms with Crippen LogP contribution in [0, 0.1) is 17.8 Å². The van der Waals surface area contributed by atoms with Crippen molar-refractivity contribution >= 4 is 0 Å². The molecule has 0 aliphatic heterocycles. The fourth-order valence-corrected chi connectivity index (χ4v) is 3.11. The lowest BCUT2D eigenvalue weighted by molar-refractivity contribution is 0.166. The van der Waals surface area contributed by atoms with Gasteiger partial charge in [0.15, 0.2) is 0 Å². The Morgan fingerprint density at radius 1 is 1.21 bits per heavy atom. The van der Waals surface area contributed by atoms with Crippen LogP contribution in [0.15, 0.2) is 0 Å². The summed E-state index contributed by atoms with van der Waals surface area (Å²) in [4.78, 5) is 0. The van der Waals surface area contributed by atoms with Crippen molar-refractivity contribution in [3.05, 3.63) is 0 Å². The van der Waals surface area contributed by atoms with E-state index < -0.39 is 0 Å². The molecule has 1 aliphatic rings. The molecule has 1 heteroatoms. The third-order valence-electron chi connectivity index (χ3n) is 3.53. The van der Waals surface area contributed by atoms with Gasteiger partial charge in [-0.15, -0.1) is 0 Å². The van der Waals surface area contributed by atoms with E-state index in [2.05, 4.69) is 27.7 Å². The van der Waals surface area contributed by atoms with E-state index in [9.17, 15) is 0 Å². The lowest BCUT2D eigenvalue weighted by atomic mass is 9.70. The van der Waals surface area contributed by atoms with Gasteiger partial charge in [-0.05, 0) is 49.9 Å². The Labute approximate surface area is 89.5 Å². The Bertz CT molecular complexity index is 164. The van der Waals surface area contributed by atoms with Gasteiger partial charge in [-0.25, -0.2) is 0 Å². The van der Waals surface area contributed by atoms with Gasteiger partial charge in [0.05, 0.1) is 0 Å². The van der Waals surface area contributed by atoms with E-state index in [4.69, 9.17) is 5.73 Å². The van der Waals surface area contributed by atoms with Crippen LogP contribution >= 0.6 is 0 Å². The van der Waals surface area contributed by atoms with Crippen molar-refractivity contribution in [2.45, 2.75) is 65.3 Å². The minimum atomic E-state index is 0.154. The molecule has 0 heterocycles. The van der Waals surface area contributed by atoms with Crippen LogP contribution in [0.3, 0.4) is 0 Å². The van der Waals surface area contributed by atoms with Gasteiger partial charge in [0.1, 0.15) is 0 Å². The SMILES string of the molecule is CC(C)CCC1(N)CC(C)CC(C)C1. The van der Waals surface area contributed by atoms with Crippen LogP contribution in [-0.2, 0) is 0 Å². The minimum Gasteiger partial charge on any atom is -0.325 e. The van der Waals surface area contributed by atoms with Crippen molar-refractivity contribution in [2.24, 2.45) is 23.5 Å². The van der Waals surface area contributed by atoms with E-state index in [0.717, 1.165) is 17.8 Å². The van der Waals surface area contributed by atoms with Crippen molar-refractivity contribution in [3.8, 4) is 0 Å². The molecule has 0 aromatic rings. The van der Waals surface area contributed by atoms with Crippen molar-refractivity contribution in [1.29, 1.82) is 0 Å². The molecule has 1 rings (SSSR count). The molecule has 0 aromatic carbocycles. The molecule has 0 radical (unpaired) electrons. The number of hydrogen-bond donors (Lipinski definition) is 1. The molecule has 0 saturated heterocycles. The summed E-state index contributed by atoms with van der Waals surface area (Å²) < 4.78 is 0. The summed E-state index contributed by atoms with van der Waals surface area (Å²) in [6.07, 6.45) is 6.37. The zero-order valence-electron chi connectivity index (χ0n) is 10.3. The second-order valence-electron chi connectivity index (χ2n) is 6.15. The maximum atomic E-state index is 6.49. The summed E-state index contributed by atoms with van der Waals surface area (Å²) >= 11 is 0. The van der Waals surface area contributed by atoms with E-state index in [1.807, 2.05) is 0 Å². The average molecular weight is 197 g/mol. The monoisotopic (exact) mass is 197 g/mol. The first kappa shape index (κ1) is 12.0. The smallest absolute Gasteiger partial charge is 0.0159 e. The second kappa shape index (κ2) is 4.65. The third kappa shape index (κ3) is 3.61. The van der Waals surface area contributed by atoms with Crippen LogP contribution in [0.4, 0.5) is 0 Å². The van der Waals surface area contributed by atoms with Crippen molar-refractivity contribution in [3.63, 3.8) is 0 Å². The highest BCUT2D eigenvalue weighted by Crippen LogP contribution is 2.37. The first-order chi connectivity index (χ1) is 6.41. The molecule has 0 amide bonds. The minimum absolute atomic E-state index is 0.154. The van der Waals surface area contributed by atoms with E-state index in [1.54, 1.807) is 0 Å². The Morgan fingerprint density at radius 3 is 2.14 bits per heavy atom. The molecule has 1 fully saturated rings. The van der Waals surface area contributed by atoms with E-state index >= 15 is 0 Å². The number of rotatable bonds is 3. The van der Waals surface area contributed by atoms with Gasteiger partial charge in [0, 0.05) is 5.54 Å². The molecule has 2 atom stereocenters. The Morgan fingerprint density at radius 2 is 1.71 bits per heavy atom. The van der Waals surface area contributed by atoms with Gasteiger partial charge < -0.3 is 5.73 Å². The van der Waals surface area contributed by atoms with Gasteiger partial charge in [0.2, 0.25) is 0 Å². The molecule has 2 N–H and O–H groups in total. The molecular weight excluding hydrogens is 170 g/mol.